The van der Waals surface area contributed by atoms with Crippen molar-refractivity contribution in [1.29, 1.82) is 0 Å². The van der Waals surface area contributed by atoms with Gasteiger partial charge in [-0.25, -0.2) is 0 Å². The molecule has 0 fully saturated rings. The highest BCUT2D eigenvalue weighted by molar-refractivity contribution is 9.10. The summed E-state index contributed by atoms with van der Waals surface area (Å²) < 4.78 is 1.16. The van der Waals surface area contributed by atoms with Gasteiger partial charge in [0.15, 0.2) is 0 Å². The predicted molar refractivity (Wildman–Crippen MR) is 72.7 cm³/mol. The van der Waals surface area contributed by atoms with Gasteiger partial charge in [-0.3, -0.25) is 5.10 Å². The minimum absolute atomic E-state index is 0.841. The second-order valence-corrected chi connectivity index (χ2v) is 5.06. The molecule has 4 heteroatoms. The van der Waals surface area contributed by atoms with Crippen molar-refractivity contribution in [3.63, 3.8) is 0 Å². The summed E-state index contributed by atoms with van der Waals surface area (Å²) >= 11 is 3.55. The number of hydrogen-bond donors (Lipinski definition) is 2. The molecule has 0 atom stereocenters. The lowest BCUT2D eigenvalue weighted by atomic mass is 10.1. The van der Waals surface area contributed by atoms with E-state index in [0.717, 1.165) is 23.3 Å². The van der Waals surface area contributed by atoms with Gasteiger partial charge in [0.25, 0.3) is 0 Å². The molecule has 17 heavy (non-hydrogen) atoms. The van der Waals surface area contributed by atoms with Crippen molar-refractivity contribution in [3.05, 3.63) is 51.3 Å². The van der Waals surface area contributed by atoms with Crippen LogP contribution in [0.5, 0.6) is 0 Å². The SMILES string of the molecule is Cc1ccc(CNCc2cn[nH]c2C)cc1Br. The molecule has 1 aromatic carbocycles. The molecule has 0 amide bonds. The van der Waals surface area contributed by atoms with E-state index in [9.17, 15) is 0 Å². The van der Waals surface area contributed by atoms with Crippen molar-refractivity contribution in [2.75, 3.05) is 0 Å². The van der Waals surface area contributed by atoms with E-state index in [2.05, 4.69) is 56.6 Å². The van der Waals surface area contributed by atoms with Crippen LogP contribution in [0.15, 0.2) is 28.9 Å². The molecule has 2 rings (SSSR count). The van der Waals surface area contributed by atoms with Crippen LogP contribution in [0.1, 0.15) is 22.4 Å². The van der Waals surface area contributed by atoms with Crippen LogP contribution in [0.4, 0.5) is 0 Å². The number of rotatable bonds is 4. The first-order chi connectivity index (χ1) is 8.16. The fraction of sp³-hybridized carbons (Fsp3) is 0.308. The van der Waals surface area contributed by atoms with Crippen LogP contribution in [0.3, 0.4) is 0 Å². The molecule has 2 aromatic rings. The summed E-state index contributed by atoms with van der Waals surface area (Å²) in [5.41, 5.74) is 4.89. The highest BCUT2D eigenvalue weighted by Gasteiger charge is 2.00. The van der Waals surface area contributed by atoms with Gasteiger partial charge in [0, 0.05) is 28.8 Å². The van der Waals surface area contributed by atoms with E-state index in [1.807, 2.05) is 13.1 Å². The molecule has 90 valence electrons. The Labute approximate surface area is 110 Å². The maximum Gasteiger partial charge on any atom is 0.0535 e. The number of aromatic amines is 1. The van der Waals surface area contributed by atoms with Crippen LogP contribution in [-0.2, 0) is 13.1 Å². The molecular formula is C13H16BrN3. The van der Waals surface area contributed by atoms with E-state index in [0.29, 0.717) is 0 Å². The number of benzene rings is 1. The van der Waals surface area contributed by atoms with Gasteiger partial charge in [0.05, 0.1) is 6.20 Å². The third kappa shape index (κ3) is 3.17. The van der Waals surface area contributed by atoms with E-state index < -0.39 is 0 Å². The first-order valence-corrected chi connectivity index (χ1v) is 6.40. The molecule has 0 saturated carbocycles. The number of H-pyrrole nitrogens is 1. The molecule has 1 aromatic heterocycles. The standard InChI is InChI=1S/C13H16BrN3/c1-9-3-4-11(5-13(9)14)6-15-7-12-8-16-17-10(12)2/h3-5,8,15H,6-7H2,1-2H3,(H,16,17). The van der Waals surface area contributed by atoms with Gasteiger partial charge < -0.3 is 5.32 Å². The van der Waals surface area contributed by atoms with Gasteiger partial charge in [0.2, 0.25) is 0 Å². The third-order valence-corrected chi connectivity index (χ3v) is 3.67. The molecule has 0 spiro atoms. The minimum Gasteiger partial charge on any atom is -0.308 e. The highest BCUT2D eigenvalue weighted by atomic mass is 79.9. The Morgan fingerprint density at radius 3 is 2.76 bits per heavy atom. The van der Waals surface area contributed by atoms with E-state index in [4.69, 9.17) is 0 Å². The second-order valence-electron chi connectivity index (χ2n) is 4.21. The quantitative estimate of drug-likeness (QED) is 0.910. The average Bonchev–Trinajstić information content (AvgIpc) is 2.70. The van der Waals surface area contributed by atoms with Crippen LogP contribution in [0, 0.1) is 13.8 Å². The summed E-state index contributed by atoms with van der Waals surface area (Å²) in [6, 6.07) is 6.43. The van der Waals surface area contributed by atoms with E-state index in [1.54, 1.807) is 0 Å². The Kier molecular flexibility index (Phi) is 3.97. The minimum atomic E-state index is 0.841. The van der Waals surface area contributed by atoms with Crippen molar-refractivity contribution < 1.29 is 0 Å². The topological polar surface area (TPSA) is 40.7 Å². The van der Waals surface area contributed by atoms with Crippen molar-refractivity contribution in [2.45, 2.75) is 26.9 Å². The Hall–Kier alpha value is -1.13. The molecule has 0 radical (unpaired) electrons. The smallest absolute Gasteiger partial charge is 0.0535 e. The van der Waals surface area contributed by atoms with Crippen LogP contribution < -0.4 is 5.32 Å². The zero-order valence-electron chi connectivity index (χ0n) is 10.0. The third-order valence-electron chi connectivity index (χ3n) is 2.82. The lowest BCUT2D eigenvalue weighted by Gasteiger charge is -2.06. The van der Waals surface area contributed by atoms with Gasteiger partial charge in [0.1, 0.15) is 0 Å². The Bertz CT molecular complexity index is 505. The number of aryl methyl sites for hydroxylation is 2. The van der Waals surface area contributed by atoms with Crippen LogP contribution in [0.25, 0.3) is 0 Å². The summed E-state index contributed by atoms with van der Waals surface area (Å²) in [5.74, 6) is 0. The molecule has 2 N–H and O–H groups in total. The molecule has 0 unspecified atom stereocenters. The van der Waals surface area contributed by atoms with Gasteiger partial charge in [-0.1, -0.05) is 28.1 Å². The van der Waals surface area contributed by atoms with E-state index >= 15 is 0 Å². The molecule has 0 aliphatic heterocycles. The predicted octanol–water partition coefficient (Wildman–Crippen LogP) is 3.08. The van der Waals surface area contributed by atoms with Crippen molar-refractivity contribution in [1.82, 2.24) is 15.5 Å². The van der Waals surface area contributed by atoms with Crippen molar-refractivity contribution in [3.8, 4) is 0 Å². The molecule has 0 bridgehead atoms. The average molecular weight is 294 g/mol. The maximum absolute atomic E-state index is 4.00. The largest absolute Gasteiger partial charge is 0.308 e. The van der Waals surface area contributed by atoms with Crippen LogP contribution >= 0.6 is 15.9 Å². The van der Waals surface area contributed by atoms with Gasteiger partial charge in [-0.05, 0) is 31.0 Å². The van der Waals surface area contributed by atoms with Gasteiger partial charge in [-0.2, -0.15) is 5.10 Å². The molecule has 1 heterocycles. The fourth-order valence-corrected chi connectivity index (χ4v) is 2.07. The Morgan fingerprint density at radius 2 is 2.12 bits per heavy atom. The van der Waals surface area contributed by atoms with Gasteiger partial charge in [-0.15, -0.1) is 0 Å². The molecule has 0 aliphatic carbocycles. The second kappa shape index (κ2) is 5.47. The number of aromatic nitrogens is 2. The number of nitrogens with zero attached hydrogens (tertiary/aromatic N) is 1. The summed E-state index contributed by atoms with van der Waals surface area (Å²) in [6.07, 6.45) is 1.87. The Balaban J connectivity index is 1.90. The van der Waals surface area contributed by atoms with Crippen LogP contribution in [-0.4, -0.2) is 10.2 Å². The van der Waals surface area contributed by atoms with Crippen molar-refractivity contribution >= 4 is 15.9 Å². The molecular weight excluding hydrogens is 278 g/mol. The lowest BCUT2D eigenvalue weighted by Crippen LogP contribution is -2.12. The maximum atomic E-state index is 4.00. The normalized spacial score (nSPS) is 10.8. The molecule has 3 nitrogen and oxygen atoms in total. The first-order valence-electron chi connectivity index (χ1n) is 5.61. The van der Waals surface area contributed by atoms with Crippen LogP contribution in [0.2, 0.25) is 0 Å². The number of halogens is 1. The summed E-state index contributed by atoms with van der Waals surface area (Å²) in [4.78, 5) is 0. The monoisotopic (exact) mass is 293 g/mol. The summed E-state index contributed by atoms with van der Waals surface area (Å²) in [5, 5.41) is 10.3. The Morgan fingerprint density at radius 1 is 1.29 bits per heavy atom. The number of nitrogens with one attached hydrogen (secondary N) is 2. The van der Waals surface area contributed by atoms with Gasteiger partial charge >= 0.3 is 0 Å². The highest BCUT2D eigenvalue weighted by Crippen LogP contribution is 2.17. The fourth-order valence-electron chi connectivity index (χ4n) is 1.64. The van der Waals surface area contributed by atoms with E-state index in [1.165, 1.54) is 16.7 Å². The molecule has 0 saturated heterocycles. The zero-order chi connectivity index (χ0) is 12.3. The number of hydrogen-bond acceptors (Lipinski definition) is 2. The van der Waals surface area contributed by atoms with E-state index in [-0.39, 0.29) is 0 Å². The summed E-state index contributed by atoms with van der Waals surface area (Å²) in [6.45, 7) is 5.83. The molecule has 0 aliphatic rings. The van der Waals surface area contributed by atoms with Crippen molar-refractivity contribution in [2.24, 2.45) is 0 Å². The lowest BCUT2D eigenvalue weighted by molar-refractivity contribution is 0.690. The zero-order valence-corrected chi connectivity index (χ0v) is 11.6. The first kappa shape index (κ1) is 12.3. The summed E-state index contributed by atoms with van der Waals surface area (Å²) in [7, 11) is 0.